The summed E-state index contributed by atoms with van der Waals surface area (Å²) < 4.78 is 0. The van der Waals surface area contributed by atoms with Crippen LogP contribution in [0.5, 0.6) is 0 Å². The predicted molar refractivity (Wildman–Crippen MR) is 71.5 cm³/mol. The topological polar surface area (TPSA) is 37.8 Å². The van der Waals surface area contributed by atoms with Gasteiger partial charge in [0.1, 0.15) is 16.8 Å². The van der Waals surface area contributed by atoms with Crippen LogP contribution in [0.25, 0.3) is 0 Å². The van der Waals surface area contributed by atoms with Crippen molar-refractivity contribution in [3.05, 3.63) is 45.3 Å². The summed E-state index contributed by atoms with van der Waals surface area (Å²) in [5.74, 6) is 1.18. The van der Waals surface area contributed by atoms with Crippen molar-refractivity contribution in [3.8, 4) is 0 Å². The number of hydrogen-bond acceptors (Lipinski definition) is 3. The normalized spacial score (nSPS) is 10.4. The van der Waals surface area contributed by atoms with Crippen LogP contribution in [0.3, 0.4) is 0 Å². The van der Waals surface area contributed by atoms with Crippen LogP contribution in [0, 0.1) is 6.92 Å². The first-order valence-corrected chi connectivity index (χ1v) is 5.91. The maximum Gasteiger partial charge on any atom is 0.135 e. The molecule has 17 heavy (non-hydrogen) atoms. The highest BCUT2D eigenvalue weighted by Gasteiger charge is 2.04. The van der Waals surface area contributed by atoms with Crippen LogP contribution in [0.2, 0.25) is 15.2 Å². The molecule has 0 bridgehead atoms. The molecule has 3 nitrogen and oxygen atoms in total. The fraction of sp³-hybridized carbons (Fsp3) is 0.0909. The van der Waals surface area contributed by atoms with Crippen LogP contribution in [0.4, 0.5) is 11.5 Å². The summed E-state index contributed by atoms with van der Waals surface area (Å²) in [6.07, 6.45) is 0. The molecule has 1 aromatic heterocycles. The predicted octanol–water partition coefficient (Wildman–Crippen LogP) is 4.49. The Kier molecular flexibility index (Phi) is 3.72. The summed E-state index contributed by atoms with van der Waals surface area (Å²) in [5.41, 5.74) is 0.713. The van der Waals surface area contributed by atoms with Gasteiger partial charge in [0.2, 0.25) is 0 Å². The lowest BCUT2D eigenvalue weighted by atomic mass is 10.3. The van der Waals surface area contributed by atoms with E-state index in [1.54, 1.807) is 31.2 Å². The van der Waals surface area contributed by atoms with Crippen LogP contribution in [-0.4, -0.2) is 9.97 Å². The number of rotatable bonds is 2. The van der Waals surface area contributed by atoms with E-state index in [0.29, 0.717) is 32.5 Å². The Balaban J connectivity index is 2.31. The third kappa shape index (κ3) is 3.22. The quantitative estimate of drug-likeness (QED) is 0.827. The van der Waals surface area contributed by atoms with E-state index in [0.717, 1.165) is 0 Å². The van der Waals surface area contributed by atoms with Crippen LogP contribution < -0.4 is 5.32 Å². The second-order valence-electron chi connectivity index (χ2n) is 3.37. The lowest BCUT2D eigenvalue weighted by Crippen LogP contribution is -1.97. The largest absolute Gasteiger partial charge is 0.339 e. The molecule has 0 aliphatic carbocycles. The highest BCUT2D eigenvalue weighted by atomic mass is 35.5. The number of halogens is 3. The van der Waals surface area contributed by atoms with Crippen molar-refractivity contribution in [3.63, 3.8) is 0 Å². The van der Waals surface area contributed by atoms with Crippen LogP contribution in [0.1, 0.15) is 5.82 Å². The summed E-state index contributed by atoms with van der Waals surface area (Å²) in [6, 6.07) is 6.79. The van der Waals surface area contributed by atoms with Crippen molar-refractivity contribution >= 4 is 46.3 Å². The minimum Gasteiger partial charge on any atom is -0.339 e. The SMILES string of the molecule is Cc1nc(Cl)cc(Nc2ccc(Cl)cc2Cl)n1. The molecule has 0 atom stereocenters. The average Bonchev–Trinajstić information content (AvgIpc) is 2.21. The van der Waals surface area contributed by atoms with Gasteiger partial charge in [0.25, 0.3) is 0 Å². The first kappa shape index (κ1) is 12.4. The summed E-state index contributed by atoms with van der Waals surface area (Å²) in [7, 11) is 0. The van der Waals surface area contributed by atoms with Gasteiger partial charge >= 0.3 is 0 Å². The lowest BCUT2D eigenvalue weighted by molar-refractivity contribution is 1.06. The van der Waals surface area contributed by atoms with Gasteiger partial charge in [-0.25, -0.2) is 9.97 Å². The molecule has 1 heterocycles. The fourth-order valence-electron chi connectivity index (χ4n) is 1.32. The molecular formula is C11H8Cl3N3. The molecule has 0 saturated carbocycles. The molecule has 0 spiro atoms. The molecule has 0 aliphatic rings. The number of anilines is 2. The standard InChI is InChI=1S/C11H8Cl3N3/c1-6-15-10(14)5-11(16-6)17-9-3-2-7(12)4-8(9)13/h2-5H,1H3,(H,15,16,17). The average molecular weight is 289 g/mol. The van der Waals surface area contributed by atoms with Crippen LogP contribution >= 0.6 is 34.8 Å². The van der Waals surface area contributed by atoms with E-state index in [9.17, 15) is 0 Å². The molecule has 0 radical (unpaired) electrons. The van der Waals surface area contributed by atoms with Gasteiger partial charge in [-0.3, -0.25) is 0 Å². The number of nitrogens with one attached hydrogen (secondary N) is 1. The molecule has 2 aromatic rings. The maximum atomic E-state index is 6.04. The number of aryl methyl sites for hydroxylation is 1. The third-order valence-electron chi connectivity index (χ3n) is 2.00. The van der Waals surface area contributed by atoms with E-state index in [4.69, 9.17) is 34.8 Å². The monoisotopic (exact) mass is 287 g/mol. The summed E-state index contributed by atoms with van der Waals surface area (Å²) in [6.45, 7) is 1.76. The second kappa shape index (κ2) is 5.08. The smallest absolute Gasteiger partial charge is 0.135 e. The molecule has 0 amide bonds. The zero-order valence-electron chi connectivity index (χ0n) is 8.84. The van der Waals surface area contributed by atoms with Gasteiger partial charge < -0.3 is 5.32 Å². The van der Waals surface area contributed by atoms with Crippen molar-refractivity contribution in [2.75, 3.05) is 5.32 Å². The van der Waals surface area contributed by atoms with Crippen LogP contribution in [-0.2, 0) is 0 Å². The molecule has 0 fully saturated rings. The Hall–Kier alpha value is -1.03. The Morgan fingerprint density at radius 3 is 2.47 bits per heavy atom. The Bertz CT molecular complexity index is 537. The van der Waals surface area contributed by atoms with E-state index >= 15 is 0 Å². The molecule has 0 saturated heterocycles. The molecule has 88 valence electrons. The van der Waals surface area contributed by atoms with Gasteiger partial charge in [0, 0.05) is 11.1 Å². The van der Waals surface area contributed by atoms with Gasteiger partial charge in [0.05, 0.1) is 10.7 Å². The third-order valence-corrected chi connectivity index (χ3v) is 2.74. The summed E-state index contributed by atoms with van der Waals surface area (Å²) >= 11 is 17.7. The van der Waals surface area contributed by atoms with Gasteiger partial charge in [-0.2, -0.15) is 0 Å². The molecule has 1 aromatic carbocycles. The van der Waals surface area contributed by atoms with E-state index in [-0.39, 0.29) is 0 Å². The van der Waals surface area contributed by atoms with Crippen LogP contribution in [0.15, 0.2) is 24.3 Å². The van der Waals surface area contributed by atoms with E-state index < -0.39 is 0 Å². The highest BCUT2D eigenvalue weighted by molar-refractivity contribution is 6.36. The number of benzene rings is 1. The molecule has 6 heteroatoms. The molecule has 1 N–H and O–H groups in total. The van der Waals surface area contributed by atoms with Crippen molar-refractivity contribution in [1.29, 1.82) is 0 Å². The van der Waals surface area contributed by atoms with E-state index in [2.05, 4.69) is 15.3 Å². The Morgan fingerprint density at radius 2 is 1.82 bits per heavy atom. The van der Waals surface area contributed by atoms with E-state index in [1.165, 1.54) is 0 Å². The zero-order chi connectivity index (χ0) is 12.4. The first-order chi connectivity index (χ1) is 8.04. The van der Waals surface area contributed by atoms with Crippen molar-refractivity contribution in [2.45, 2.75) is 6.92 Å². The minimum absolute atomic E-state index is 0.380. The minimum atomic E-state index is 0.380. The molecule has 0 unspecified atom stereocenters. The lowest BCUT2D eigenvalue weighted by Gasteiger charge is -2.08. The van der Waals surface area contributed by atoms with Crippen molar-refractivity contribution in [2.24, 2.45) is 0 Å². The summed E-state index contributed by atoms with van der Waals surface area (Å²) in [4.78, 5) is 8.17. The summed E-state index contributed by atoms with van der Waals surface area (Å²) in [5, 5.41) is 4.53. The number of hydrogen-bond donors (Lipinski definition) is 1. The van der Waals surface area contributed by atoms with Crippen molar-refractivity contribution in [1.82, 2.24) is 9.97 Å². The highest BCUT2D eigenvalue weighted by Crippen LogP contribution is 2.28. The second-order valence-corrected chi connectivity index (χ2v) is 4.60. The Labute approximate surface area is 114 Å². The number of aromatic nitrogens is 2. The van der Waals surface area contributed by atoms with Gasteiger partial charge in [-0.15, -0.1) is 0 Å². The molecular weight excluding hydrogens is 281 g/mol. The Morgan fingerprint density at radius 1 is 1.06 bits per heavy atom. The van der Waals surface area contributed by atoms with Gasteiger partial charge in [-0.05, 0) is 25.1 Å². The number of nitrogens with zero attached hydrogens (tertiary/aromatic N) is 2. The van der Waals surface area contributed by atoms with E-state index in [1.807, 2.05) is 0 Å². The van der Waals surface area contributed by atoms with Gasteiger partial charge in [0.15, 0.2) is 0 Å². The van der Waals surface area contributed by atoms with Crippen molar-refractivity contribution < 1.29 is 0 Å². The molecule has 0 aliphatic heterocycles. The zero-order valence-corrected chi connectivity index (χ0v) is 11.1. The maximum absolute atomic E-state index is 6.04. The molecule has 2 rings (SSSR count). The first-order valence-electron chi connectivity index (χ1n) is 4.78. The van der Waals surface area contributed by atoms with Gasteiger partial charge in [-0.1, -0.05) is 34.8 Å². The fourth-order valence-corrected chi connectivity index (χ4v) is 2.01.